The van der Waals surface area contributed by atoms with E-state index >= 15 is 0 Å². The van der Waals surface area contributed by atoms with E-state index in [0.29, 0.717) is 11.8 Å². The van der Waals surface area contributed by atoms with Gasteiger partial charge in [0, 0.05) is 6.04 Å². The van der Waals surface area contributed by atoms with E-state index in [4.69, 9.17) is 0 Å². The number of nitrogens with one attached hydrogen (secondary N) is 1. The van der Waals surface area contributed by atoms with Gasteiger partial charge in [-0.25, -0.2) is 13.1 Å². The molecule has 0 bridgehead atoms. The summed E-state index contributed by atoms with van der Waals surface area (Å²) < 4.78 is 26.2. The molecule has 3 nitrogen and oxygen atoms in total. The second kappa shape index (κ2) is 4.83. The highest BCUT2D eigenvalue weighted by Crippen LogP contribution is 2.28. The monoisotopic (exact) mass is 233 g/mol. The summed E-state index contributed by atoms with van der Waals surface area (Å²) in [6, 6.07) is 0.149. The average Bonchev–Trinajstić information content (AvgIpc) is 1.99. The van der Waals surface area contributed by atoms with E-state index in [1.165, 1.54) is 6.42 Å². The van der Waals surface area contributed by atoms with Crippen molar-refractivity contribution in [2.75, 3.05) is 0 Å². The maximum absolute atomic E-state index is 11.7. The highest BCUT2D eigenvalue weighted by molar-refractivity contribution is 7.90. The predicted molar refractivity (Wildman–Crippen MR) is 63.2 cm³/mol. The van der Waals surface area contributed by atoms with Crippen LogP contribution in [0.1, 0.15) is 47.0 Å². The molecule has 2 atom stereocenters. The molecule has 0 aromatic rings. The third-order valence-electron chi connectivity index (χ3n) is 3.13. The maximum Gasteiger partial charge on any atom is 0.214 e. The lowest BCUT2D eigenvalue weighted by atomic mass is 9.81. The number of hydrogen-bond acceptors (Lipinski definition) is 2. The van der Waals surface area contributed by atoms with Gasteiger partial charge in [-0.3, -0.25) is 0 Å². The van der Waals surface area contributed by atoms with Crippen LogP contribution in [0.3, 0.4) is 0 Å². The molecular formula is C11H23NO2S. The molecule has 4 heteroatoms. The number of hydrogen-bond donors (Lipinski definition) is 1. The first-order chi connectivity index (χ1) is 6.81. The van der Waals surface area contributed by atoms with Gasteiger partial charge in [-0.2, -0.15) is 0 Å². The molecule has 0 aliphatic heterocycles. The highest BCUT2D eigenvalue weighted by Gasteiger charge is 2.28. The minimum Gasteiger partial charge on any atom is -0.212 e. The quantitative estimate of drug-likeness (QED) is 0.812. The highest BCUT2D eigenvalue weighted by atomic mass is 32.2. The molecule has 1 saturated carbocycles. The predicted octanol–water partition coefficient (Wildman–Crippen LogP) is 2.14. The van der Waals surface area contributed by atoms with Crippen molar-refractivity contribution in [3.8, 4) is 0 Å². The Labute approximate surface area is 93.7 Å². The second-order valence-corrected chi connectivity index (χ2v) is 7.59. The van der Waals surface area contributed by atoms with Crippen LogP contribution < -0.4 is 4.72 Å². The van der Waals surface area contributed by atoms with Crippen LogP contribution in [0.4, 0.5) is 0 Å². The largest absolute Gasteiger partial charge is 0.214 e. The molecule has 1 fully saturated rings. The van der Waals surface area contributed by atoms with Crippen LogP contribution in [0.25, 0.3) is 0 Å². The Morgan fingerprint density at radius 1 is 1.07 bits per heavy atom. The van der Waals surface area contributed by atoms with Gasteiger partial charge >= 0.3 is 0 Å². The van der Waals surface area contributed by atoms with Crippen molar-refractivity contribution >= 4 is 10.0 Å². The molecular weight excluding hydrogens is 210 g/mol. The Morgan fingerprint density at radius 2 is 1.53 bits per heavy atom. The first-order valence-electron chi connectivity index (χ1n) is 5.82. The summed E-state index contributed by atoms with van der Waals surface area (Å²) in [6.07, 6.45) is 3.19. The van der Waals surface area contributed by atoms with E-state index in [1.54, 1.807) is 13.8 Å². The number of sulfonamides is 1. The first kappa shape index (κ1) is 13.0. The van der Waals surface area contributed by atoms with Gasteiger partial charge in [0.15, 0.2) is 0 Å². The summed E-state index contributed by atoms with van der Waals surface area (Å²) in [5.41, 5.74) is 0. The Bertz CT molecular complexity index is 288. The summed E-state index contributed by atoms with van der Waals surface area (Å²) >= 11 is 0. The molecule has 0 aromatic heterocycles. The molecule has 0 saturated heterocycles. The zero-order valence-corrected chi connectivity index (χ0v) is 11.0. The van der Waals surface area contributed by atoms with Crippen molar-refractivity contribution in [1.82, 2.24) is 4.72 Å². The zero-order valence-electron chi connectivity index (χ0n) is 10.2. The van der Waals surface area contributed by atoms with Crippen molar-refractivity contribution < 1.29 is 8.42 Å². The lowest BCUT2D eigenvalue weighted by molar-refractivity contribution is 0.257. The van der Waals surface area contributed by atoms with Crippen LogP contribution in [-0.2, 0) is 10.0 Å². The normalized spacial score (nSPS) is 33.3. The molecule has 15 heavy (non-hydrogen) atoms. The van der Waals surface area contributed by atoms with E-state index in [-0.39, 0.29) is 11.3 Å². The van der Waals surface area contributed by atoms with Crippen LogP contribution in [0, 0.1) is 11.8 Å². The molecule has 0 heterocycles. The fourth-order valence-electron chi connectivity index (χ4n) is 2.41. The van der Waals surface area contributed by atoms with Crippen LogP contribution >= 0.6 is 0 Å². The Hall–Kier alpha value is -0.0900. The van der Waals surface area contributed by atoms with Gasteiger partial charge in [0.2, 0.25) is 10.0 Å². The molecule has 0 radical (unpaired) electrons. The van der Waals surface area contributed by atoms with Crippen LogP contribution in [0.2, 0.25) is 0 Å². The number of rotatable bonds is 3. The summed E-state index contributed by atoms with van der Waals surface area (Å²) in [5, 5.41) is -0.329. The Balaban J connectivity index is 2.59. The van der Waals surface area contributed by atoms with Crippen molar-refractivity contribution in [3.05, 3.63) is 0 Å². The Morgan fingerprint density at radius 3 is 1.93 bits per heavy atom. The van der Waals surface area contributed by atoms with Crippen molar-refractivity contribution in [2.24, 2.45) is 11.8 Å². The molecule has 1 rings (SSSR count). The molecule has 1 aliphatic rings. The van der Waals surface area contributed by atoms with Gasteiger partial charge in [-0.05, 0) is 44.9 Å². The lowest BCUT2D eigenvalue weighted by Crippen LogP contribution is -2.42. The van der Waals surface area contributed by atoms with Crippen molar-refractivity contribution in [1.29, 1.82) is 0 Å². The van der Waals surface area contributed by atoms with Gasteiger partial charge in [0.05, 0.1) is 5.25 Å². The third-order valence-corrected chi connectivity index (χ3v) is 5.03. The summed E-state index contributed by atoms with van der Waals surface area (Å²) in [6.45, 7) is 7.84. The smallest absolute Gasteiger partial charge is 0.212 e. The Kier molecular flexibility index (Phi) is 4.18. The minimum absolute atomic E-state index is 0.149. The molecule has 0 spiro atoms. The SMILES string of the molecule is CC1CC(C)CC(NS(=O)(=O)C(C)C)C1. The van der Waals surface area contributed by atoms with E-state index < -0.39 is 10.0 Å². The summed E-state index contributed by atoms with van der Waals surface area (Å²) in [7, 11) is -3.09. The van der Waals surface area contributed by atoms with Crippen LogP contribution in [-0.4, -0.2) is 19.7 Å². The van der Waals surface area contributed by atoms with E-state index in [0.717, 1.165) is 12.8 Å². The summed E-state index contributed by atoms with van der Waals surface area (Å²) in [5.74, 6) is 1.27. The first-order valence-corrected chi connectivity index (χ1v) is 7.37. The van der Waals surface area contributed by atoms with Gasteiger partial charge in [0.1, 0.15) is 0 Å². The van der Waals surface area contributed by atoms with E-state index in [2.05, 4.69) is 18.6 Å². The zero-order chi connectivity index (χ0) is 11.6. The third kappa shape index (κ3) is 3.76. The molecule has 2 unspecified atom stereocenters. The standard InChI is InChI=1S/C11H23NO2S/c1-8(2)15(13,14)12-11-6-9(3)5-10(4)7-11/h8-12H,5-7H2,1-4H3. The molecule has 0 aromatic carbocycles. The van der Waals surface area contributed by atoms with Gasteiger partial charge in [0.25, 0.3) is 0 Å². The summed E-state index contributed by atoms with van der Waals surface area (Å²) in [4.78, 5) is 0. The molecule has 0 amide bonds. The maximum atomic E-state index is 11.7. The van der Waals surface area contributed by atoms with Gasteiger partial charge in [-0.1, -0.05) is 13.8 Å². The average molecular weight is 233 g/mol. The van der Waals surface area contributed by atoms with Crippen molar-refractivity contribution in [3.63, 3.8) is 0 Å². The van der Waals surface area contributed by atoms with Crippen LogP contribution in [0.5, 0.6) is 0 Å². The van der Waals surface area contributed by atoms with E-state index in [9.17, 15) is 8.42 Å². The second-order valence-electron chi connectivity index (χ2n) is 5.33. The molecule has 1 aliphatic carbocycles. The van der Waals surface area contributed by atoms with Crippen LogP contribution in [0.15, 0.2) is 0 Å². The minimum atomic E-state index is -3.09. The fraction of sp³-hybridized carbons (Fsp3) is 1.00. The van der Waals surface area contributed by atoms with Gasteiger partial charge < -0.3 is 0 Å². The fourth-order valence-corrected chi connectivity index (χ4v) is 3.34. The van der Waals surface area contributed by atoms with E-state index in [1.807, 2.05) is 0 Å². The topological polar surface area (TPSA) is 46.2 Å². The molecule has 1 N–H and O–H groups in total. The molecule has 90 valence electrons. The van der Waals surface area contributed by atoms with Crippen molar-refractivity contribution in [2.45, 2.75) is 58.2 Å². The lowest BCUT2D eigenvalue weighted by Gasteiger charge is -2.32. The van der Waals surface area contributed by atoms with Gasteiger partial charge in [-0.15, -0.1) is 0 Å².